The summed E-state index contributed by atoms with van der Waals surface area (Å²) >= 11 is 5.80. The van der Waals surface area contributed by atoms with Gasteiger partial charge in [0.1, 0.15) is 11.9 Å². The molecular formula is C16H16ClFN2O. The zero-order valence-corrected chi connectivity index (χ0v) is 12.5. The fourth-order valence-corrected chi connectivity index (χ4v) is 1.91. The number of aryl methyl sites for hydroxylation is 1. The van der Waals surface area contributed by atoms with E-state index in [1.807, 2.05) is 0 Å². The topological polar surface area (TPSA) is 41.1 Å². The Bertz CT molecular complexity index is 643. The van der Waals surface area contributed by atoms with Crippen molar-refractivity contribution in [1.29, 1.82) is 0 Å². The Balaban J connectivity index is 1.98. The molecule has 0 aliphatic rings. The maximum Gasteiger partial charge on any atom is 0.246 e. The molecule has 1 amide bonds. The van der Waals surface area contributed by atoms with Gasteiger partial charge in [-0.1, -0.05) is 17.7 Å². The van der Waals surface area contributed by atoms with Crippen LogP contribution in [0, 0.1) is 12.7 Å². The average Bonchev–Trinajstić information content (AvgIpc) is 2.45. The molecule has 2 rings (SSSR count). The minimum absolute atomic E-state index is 0.242. The van der Waals surface area contributed by atoms with Crippen LogP contribution in [0.2, 0.25) is 5.02 Å². The molecule has 2 aromatic rings. The van der Waals surface area contributed by atoms with E-state index in [0.29, 0.717) is 16.3 Å². The highest BCUT2D eigenvalue weighted by molar-refractivity contribution is 6.30. The number of halogens is 2. The maximum absolute atomic E-state index is 13.4. The fraction of sp³-hybridized carbons (Fsp3) is 0.188. The lowest BCUT2D eigenvalue weighted by Crippen LogP contribution is -2.31. The molecular weight excluding hydrogens is 291 g/mol. The molecule has 3 nitrogen and oxygen atoms in total. The predicted molar refractivity (Wildman–Crippen MR) is 84.3 cm³/mol. The molecule has 21 heavy (non-hydrogen) atoms. The minimum Gasteiger partial charge on any atom is -0.374 e. The Morgan fingerprint density at radius 1 is 1.14 bits per heavy atom. The zero-order chi connectivity index (χ0) is 15.4. The van der Waals surface area contributed by atoms with Crippen LogP contribution in [0.25, 0.3) is 0 Å². The van der Waals surface area contributed by atoms with E-state index in [1.165, 1.54) is 6.07 Å². The highest BCUT2D eigenvalue weighted by Gasteiger charge is 2.13. The van der Waals surface area contributed by atoms with Crippen LogP contribution in [0.3, 0.4) is 0 Å². The van der Waals surface area contributed by atoms with Crippen molar-refractivity contribution in [3.8, 4) is 0 Å². The summed E-state index contributed by atoms with van der Waals surface area (Å²) in [6.45, 7) is 3.40. The largest absolute Gasteiger partial charge is 0.374 e. The summed E-state index contributed by atoms with van der Waals surface area (Å²) in [5, 5.41) is 6.36. The second kappa shape index (κ2) is 6.59. The van der Waals surface area contributed by atoms with Crippen LogP contribution in [0.4, 0.5) is 15.8 Å². The number of carbonyl (C=O) groups excluding carboxylic acids is 1. The predicted octanol–water partition coefficient (Wildman–Crippen LogP) is 4.23. The molecule has 0 radical (unpaired) electrons. The lowest BCUT2D eigenvalue weighted by molar-refractivity contribution is -0.116. The van der Waals surface area contributed by atoms with E-state index in [9.17, 15) is 9.18 Å². The van der Waals surface area contributed by atoms with E-state index in [4.69, 9.17) is 11.6 Å². The van der Waals surface area contributed by atoms with Crippen molar-refractivity contribution >= 4 is 28.9 Å². The first-order chi connectivity index (χ1) is 9.95. The van der Waals surface area contributed by atoms with Crippen LogP contribution in [-0.2, 0) is 4.79 Å². The Morgan fingerprint density at radius 3 is 2.38 bits per heavy atom. The van der Waals surface area contributed by atoms with Gasteiger partial charge in [0.25, 0.3) is 0 Å². The number of nitrogens with one attached hydrogen (secondary N) is 2. The van der Waals surface area contributed by atoms with Gasteiger partial charge in [0, 0.05) is 16.4 Å². The number of rotatable bonds is 4. The van der Waals surface area contributed by atoms with Crippen molar-refractivity contribution in [3.63, 3.8) is 0 Å². The molecule has 0 spiro atoms. The number of amides is 1. The van der Waals surface area contributed by atoms with Gasteiger partial charge in [0.05, 0.1) is 0 Å². The SMILES string of the molecule is Cc1ccc(NC(=O)C(C)Nc2ccc(Cl)cc2)cc1F. The highest BCUT2D eigenvalue weighted by atomic mass is 35.5. The van der Waals surface area contributed by atoms with Gasteiger partial charge in [-0.3, -0.25) is 4.79 Å². The summed E-state index contributed by atoms with van der Waals surface area (Å²) in [5.74, 6) is -0.584. The van der Waals surface area contributed by atoms with Crippen LogP contribution in [0.1, 0.15) is 12.5 Å². The molecule has 1 atom stereocenters. The van der Waals surface area contributed by atoms with Crippen LogP contribution < -0.4 is 10.6 Å². The molecule has 110 valence electrons. The van der Waals surface area contributed by atoms with Gasteiger partial charge in [0.2, 0.25) is 5.91 Å². The molecule has 5 heteroatoms. The third-order valence-electron chi connectivity index (χ3n) is 3.06. The Morgan fingerprint density at radius 2 is 1.76 bits per heavy atom. The van der Waals surface area contributed by atoms with Gasteiger partial charge in [0.15, 0.2) is 0 Å². The first kappa shape index (κ1) is 15.3. The third-order valence-corrected chi connectivity index (χ3v) is 3.31. The van der Waals surface area contributed by atoms with Crippen molar-refractivity contribution in [1.82, 2.24) is 0 Å². The molecule has 0 aromatic heterocycles. The molecule has 2 N–H and O–H groups in total. The summed E-state index contributed by atoms with van der Waals surface area (Å²) in [7, 11) is 0. The summed E-state index contributed by atoms with van der Waals surface area (Å²) in [6, 6.07) is 11.2. The van der Waals surface area contributed by atoms with Crippen molar-refractivity contribution in [2.24, 2.45) is 0 Å². The highest BCUT2D eigenvalue weighted by Crippen LogP contribution is 2.16. The van der Waals surface area contributed by atoms with Crippen molar-refractivity contribution in [3.05, 3.63) is 58.9 Å². The van der Waals surface area contributed by atoms with Crippen LogP contribution in [0.15, 0.2) is 42.5 Å². The molecule has 2 aromatic carbocycles. The number of hydrogen-bond donors (Lipinski definition) is 2. The molecule has 1 unspecified atom stereocenters. The van der Waals surface area contributed by atoms with Gasteiger partial charge >= 0.3 is 0 Å². The van der Waals surface area contributed by atoms with Gasteiger partial charge in [-0.2, -0.15) is 0 Å². The smallest absolute Gasteiger partial charge is 0.246 e. The first-order valence-corrected chi connectivity index (χ1v) is 6.92. The Kier molecular flexibility index (Phi) is 4.81. The third kappa shape index (κ3) is 4.20. The monoisotopic (exact) mass is 306 g/mol. The van der Waals surface area contributed by atoms with Crippen LogP contribution in [-0.4, -0.2) is 11.9 Å². The number of carbonyl (C=O) groups is 1. The first-order valence-electron chi connectivity index (χ1n) is 6.55. The molecule has 0 aliphatic carbocycles. The summed E-state index contributed by atoms with van der Waals surface area (Å²) in [5.41, 5.74) is 1.77. The summed E-state index contributed by atoms with van der Waals surface area (Å²) in [4.78, 5) is 12.1. The molecule has 0 bridgehead atoms. The normalized spacial score (nSPS) is 11.8. The Labute approximate surface area is 128 Å². The molecule has 0 saturated heterocycles. The van der Waals surface area contributed by atoms with E-state index in [0.717, 1.165) is 5.69 Å². The minimum atomic E-state index is -0.462. The number of hydrogen-bond acceptors (Lipinski definition) is 2. The maximum atomic E-state index is 13.4. The second-order valence-electron chi connectivity index (χ2n) is 4.83. The number of benzene rings is 2. The van der Waals surface area contributed by atoms with Crippen molar-refractivity contribution in [2.45, 2.75) is 19.9 Å². The van der Waals surface area contributed by atoms with Gasteiger partial charge in [-0.15, -0.1) is 0 Å². The quantitative estimate of drug-likeness (QED) is 0.887. The van der Waals surface area contributed by atoms with Crippen molar-refractivity contribution < 1.29 is 9.18 Å². The number of anilines is 2. The van der Waals surface area contributed by atoms with Gasteiger partial charge < -0.3 is 10.6 Å². The van der Waals surface area contributed by atoms with E-state index in [-0.39, 0.29) is 11.7 Å². The van der Waals surface area contributed by atoms with E-state index in [1.54, 1.807) is 50.2 Å². The summed E-state index contributed by atoms with van der Waals surface area (Å²) < 4.78 is 13.4. The van der Waals surface area contributed by atoms with Crippen molar-refractivity contribution in [2.75, 3.05) is 10.6 Å². The van der Waals surface area contributed by atoms with E-state index >= 15 is 0 Å². The average molecular weight is 307 g/mol. The molecule has 0 saturated carbocycles. The Hall–Kier alpha value is -2.07. The molecule has 0 heterocycles. The fourth-order valence-electron chi connectivity index (χ4n) is 1.78. The van der Waals surface area contributed by atoms with Gasteiger partial charge in [-0.05, 0) is 55.8 Å². The molecule has 0 fully saturated rings. The second-order valence-corrected chi connectivity index (χ2v) is 5.26. The van der Waals surface area contributed by atoms with E-state index < -0.39 is 6.04 Å². The lowest BCUT2D eigenvalue weighted by atomic mass is 10.2. The van der Waals surface area contributed by atoms with Gasteiger partial charge in [-0.25, -0.2) is 4.39 Å². The van der Waals surface area contributed by atoms with Crippen LogP contribution >= 0.6 is 11.6 Å². The van der Waals surface area contributed by atoms with E-state index in [2.05, 4.69) is 10.6 Å². The van der Waals surface area contributed by atoms with Crippen LogP contribution in [0.5, 0.6) is 0 Å². The summed E-state index contributed by atoms with van der Waals surface area (Å²) in [6.07, 6.45) is 0. The lowest BCUT2D eigenvalue weighted by Gasteiger charge is -2.15. The standard InChI is InChI=1S/C16H16ClFN2O/c1-10-3-6-14(9-15(10)18)20-16(21)11(2)19-13-7-4-12(17)5-8-13/h3-9,11,19H,1-2H3,(H,20,21). The zero-order valence-electron chi connectivity index (χ0n) is 11.8. The molecule has 0 aliphatic heterocycles.